The molecule has 0 fully saturated rings. The van der Waals surface area contributed by atoms with Gasteiger partial charge in [-0.15, -0.1) is 0 Å². The Morgan fingerprint density at radius 1 is 0.960 bits per heavy atom. The predicted octanol–water partition coefficient (Wildman–Crippen LogP) is 4.85. The first-order chi connectivity index (χ1) is 12.0. The Balaban J connectivity index is 1.91. The van der Waals surface area contributed by atoms with E-state index in [1.807, 2.05) is 13.0 Å². The second-order valence-corrected chi connectivity index (χ2v) is 6.08. The fourth-order valence-corrected chi connectivity index (χ4v) is 2.66. The van der Waals surface area contributed by atoms with E-state index in [0.29, 0.717) is 42.8 Å². The molecule has 0 bridgehead atoms. The molecule has 0 unspecified atom stereocenters. The summed E-state index contributed by atoms with van der Waals surface area (Å²) in [5.74, 6) is 2.55. The van der Waals surface area contributed by atoms with E-state index >= 15 is 0 Å². The lowest BCUT2D eigenvalue weighted by atomic mass is 9.98. The zero-order chi connectivity index (χ0) is 18.2. The summed E-state index contributed by atoms with van der Waals surface area (Å²) < 4.78 is 17.0. The van der Waals surface area contributed by atoms with Crippen molar-refractivity contribution in [3.05, 3.63) is 53.1 Å². The van der Waals surface area contributed by atoms with E-state index < -0.39 is 0 Å². The van der Waals surface area contributed by atoms with E-state index in [4.69, 9.17) is 19.5 Å². The lowest BCUT2D eigenvalue weighted by Crippen LogP contribution is -2.10. The normalized spacial score (nSPS) is 10.4. The van der Waals surface area contributed by atoms with Gasteiger partial charge < -0.3 is 14.2 Å². The van der Waals surface area contributed by atoms with Crippen LogP contribution in [0.3, 0.4) is 0 Å². The molecule has 0 saturated carbocycles. The molecule has 0 heterocycles. The molecule has 0 aliphatic heterocycles. The molecular formula is C21H25NO3. The molecule has 0 aliphatic rings. The molecule has 2 rings (SSSR count). The molecule has 2 aromatic rings. The highest BCUT2D eigenvalue weighted by atomic mass is 16.5. The number of nitrogens with zero attached hydrogens (tertiary/aromatic N) is 1. The summed E-state index contributed by atoms with van der Waals surface area (Å²) in [6.07, 6.45) is 0. The molecule has 0 N–H and O–H groups in total. The van der Waals surface area contributed by atoms with Crippen molar-refractivity contribution in [1.29, 1.82) is 5.26 Å². The van der Waals surface area contributed by atoms with Gasteiger partial charge in [-0.3, -0.25) is 0 Å². The van der Waals surface area contributed by atoms with Crippen molar-refractivity contribution >= 4 is 0 Å². The van der Waals surface area contributed by atoms with Crippen molar-refractivity contribution in [2.45, 2.75) is 33.6 Å². The van der Waals surface area contributed by atoms with Gasteiger partial charge in [0, 0.05) is 6.07 Å². The van der Waals surface area contributed by atoms with Gasteiger partial charge in [-0.2, -0.15) is 5.26 Å². The van der Waals surface area contributed by atoms with Gasteiger partial charge >= 0.3 is 0 Å². The quantitative estimate of drug-likeness (QED) is 0.645. The van der Waals surface area contributed by atoms with Gasteiger partial charge in [0.05, 0.1) is 18.2 Å². The molecule has 4 heteroatoms. The molecule has 0 aromatic heterocycles. The van der Waals surface area contributed by atoms with Crippen LogP contribution in [0.25, 0.3) is 0 Å². The van der Waals surface area contributed by atoms with Crippen LogP contribution in [0.2, 0.25) is 0 Å². The zero-order valence-corrected chi connectivity index (χ0v) is 15.3. The van der Waals surface area contributed by atoms with Gasteiger partial charge in [-0.1, -0.05) is 19.9 Å². The molecule has 132 valence electrons. The Morgan fingerprint density at radius 2 is 1.72 bits per heavy atom. The van der Waals surface area contributed by atoms with E-state index in [2.05, 4.69) is 39.0 Å². The molecule has 0 atom stereocenters. The Bertz CT molecular complexity index is 747. The van der Waals surface area contributed by atoms with Gasteiger partial charge in [-0.25, -0.2) is 0 Å². The number of benzene rings is 2. The summed E-state index contributed by atoms with van der Waals surface area (Å²) in [5, 5.41) is 8.97. The average Bonchev–Trinajstić information content (AvgIpc) is 2.59. The standard InChI is InChI=1S/C21H25NO3/c1-5-23-21-13-17(14-22)6-9-20(21)25-11-10-24-18-7-8-19(15(2)3)16(4)12-18/h6-9,12-13,15H,5,10-11H2,1-4H3. The Hall–Kier alpha value is -2.67. The van der Waals surface area contributed by atoms with Gasteiger partial charge in [0.25, 0.3) is 0 Å². The van der Waals surface area contributed by atoms with Crippen molar-refractivity contribution in [1.82, 2.24) is 0 Å². The van der Waals surface area contributed by atoms with Crippen LogP contribution in [0.5, 0.6) is 17.2 Å². The highest BCUT2D eigenvalue weighted by Crippen LogP contribution is 2.28. The third kappa shape index (κ3) is 5.15. The summed E-state index contributed by atoms with van der Waals surface area (Å²) in [4.78, 5) is 0. The van der Waals surface area contributed by atoms with Gasteiger partial charge in [0.15, 0.2) is 11.5 Å². The third-order valence-corrected chi connectivity index (χ3v) is 3.85. The maximum atomic E-state index is 8.97. The summed E-state index contributed by atoms with van der Waals surface area (Å²) in [6, 6.07) is 13.4. The second kappa shape index (κ2) is 8.98. The van der Waals surface area contributed by atoms with E-state index in [1.165, 1.54) is 11.1 Å². The Morgan fingerprint density at radius 3 is 2.36 bits per heavy atom. The zero-order valence-electron chi connectivity index (χ0n) is 15.3. The first-order valence-electron chi connectivity index (χ1n) is 8.58. The molecule has 4 nitrogen and oxygen atoms in total. The monoisotopic (exact) mass is 339 g/mol. The predicted molar refractivity (Wildman–Crippen MR) is 98.6 cm³/mol. The van der Waals surface area contributed by atoms with E-state index in [0.717, 1.165) is 5.75 Å². The summed E-state index contributed by atoms with van der Waals surface area (Å²) in [6.45, 7) is 9.72. The van der Waals surface area contributed by atoms with E-state index in [1.54, 1.807) is 18.2 Å². The minimum Gasteiger partial charge on any atom is -0.490 e. The maximum Gasteiger partial charge on any atom is 0.162 e. The smallest absolute Gasteiger partial charge is 0.162 e. The van der Waals surface area contributed by atoms with Gasteiger partial charge in [-0.05, 0) is 55.2 Å². The molecule has 25 heavy (non-hydrogen) atoms. The van der Waals surface area contributed by atoms with Crippen LogP contribution in [0.15, 0.2) is 36.4 Å². The van der Waals surface area contributed by atoms with E-state index in [9.17, 15) is 0 Å². The Labute approximate surface area is 150 Å². The molecule has 0 aliphatic carbocycles. The fraction of sp³-hybridized carbons (Fsp3) is 0.381. The summed E-state index contributed by atoms with van der Waals surface area (Å²) >= 11 is 0. The minimum atomic E-state index is 0.400. The van der Waals surface area contributed by atoms with Crippen LogP contribution in [0, 0.1) is 18.3 Å². The molecule has 0 radical (unpaired) electrons. The maximum absolute atomic E-state index is 8.97. The van der Waals surface area contributed by atoms with Crippen LogP contribution < -0.4 is 14.2 Å². The van der Waals surface area contributed by atoms with Crippen molar-refractivity contribution in [2.75, 3.05) is 19.8 Å². The van der Waals surface area contributed by atoms with Crippen molar-refractivity contribution in [2.24, 2.45) is 0 Å². The number of nitriles is 1. The van der Waals surface area contributed by atoms with Crippen LogP contribution in [0.4, 0.5) is 0 Å². The van der Waals surface area contributed by atoms with Gasteiger partial charge in [0.2, 0.25) is 0 Å². The average molecular weight is 339 g/mol. The largest absolute Gasteiger partial charge is 0.490 e. The number of ether oxygens (including phenoxy) is 3. The Kier molecular flexibility index (Phi) is 6.71. The molecule has 0 amide bonds. The molecule has 0 spiro atoms. The van der Waals surface area contributed by atoms with Crippen LogP contribution in [0.1, 0.15) is 43.4 Å². The highest BCUT2D eigenvalue weighted by Gasteiger charge is 2.07. The van der Waals surface area contributed by atoms with Crippen LogP contribution >= 0.6 is 0 Å². The summed E-state index contributed by atoms with van der Waals surface area (Å²) in [5.41, 5.74) is 3.12. The molecular weight excluding hydrogens is 314 g/mol. The minimum absolute atomic E-state index is 0.400. The van der Waals surface area contributed by atoms with E-state index in [-0.39, 0.29) is 0 Å². The lowest BCUT2D eigenvalue weighted by Gasteiger charge is -2.14. The highest BCUT2D eigenvalue weighted by molar-refractivity contribution is 5.46. The first-order valence-corrected chi connectivity index (χ1v) is 8.58. The van der Waals surface area contributed by atoms with Gasteiger partial charge in [0.1, 0.15) is 19.0 Å². The number of hydrogen-bond donors (Lipinski definition) is 0. The fourth-order valence-electron chi connectivity index (χ4n) is 2.66. The topological polar surface area (TPSA) is 51.5 Å². The SMILES string of the molecule is CCOc1cc(C#N)ccc1OCCOc1ccc(C(C)C)c(C)c1. The van der Waals surface area contributed by atoms with Crippen molar-refractivity contribution in [3.63, 3.8) is 0 Å². The van der Waals surface area contributed by atoms with Crippen molar-refractivity contribution in [3.8, 4) is 23.3 Å². The van der Waals surface area contributed by atoms with Crippen LogP contribution in [-0.4, -0.2) is 19.8 Å². The lowest BCUT2D eigenvalue weighted by molar-refractivity contribution is 0.208. The summed E-state index contributed by atoms with van der Waals surface area (Å²) in [7, 11) is 0. The molecule has 2 aromatic carbocycles. The number of hydrogen-bond acceptors (Lipinski definition) is 4. The van der Waals surface area contributed by atoms with Crippen LogP contribution in [-0.2, 0) is 0 Å². The second-order valence-electron chi connectivity index (χ2n) is 6.08. The first kappa shape index (κ1) is 18.7. The number of rotatable bonds is 8. The number of aryl methyl sites for hydroxylation is 1. The molecule has 0 saturated heterocycles. The van der Waals surface area contributed by atoms with Crippen molar-refractivity contribution < 1.29 is 14.2 Å². The third-order valence-electron chi connectivity index (χ3n) is 3.85.